The van der Waals surface area contributed by atoms with Gasteiger partial charge in [-0.2, -0.15) is 0 Å². The summed E-state index contributed by atoms with van der Waals surface area (Å²) in [6.07, 6.45) is 3.23. The van der Waals surface area contributed by atoms with Gasteiger partial charge in [-0.3, -0.25) is 0 Å². The zero-order valence-electron chi connectivity index (χ0n) is 10.5. The Bertz CT molecular complexity index is 637. The van der Waals surface area contributed by atoms with Crippen molar-refractivity contribution >= 4 is 12.0 Å². The smallest absolute Gasteiger partial charge is 0.339 e. The van der Waals surface area contributed by atoms with Crippen LogP contribution in [0.25, 0.3) is 6.08 Å². The zero-order valence-corrected chi connectivity index (χ0v) is 10.5. The number of hydrogen-bond acceptors (Lipinski definition) is 4. The summed E-state index contributed by atoms with van der Waals surface area (Å²) in [5, 5.41) is 16.1. The largest absolute Gasteiger partial charge is 0.478 e. The molecule has 1 N–H and O–H groups in total. The van der Waals surface area contributed by atoms with Crippen molar-refractivity contribution in [3.8, 4) is 5.75 Å². The lowest BCUT2D eigenvalue weighted by molar-refractivity contribution is 0.0692. The molecule has 5 heteroatoms. The van der Waals surface area contributed by atoms with E-state index in [-0.39, 0.29) is 11.3 Å². The van der Waals surface area contributed by atoms with Crippen LogP contribution >= 0.6 is 0 Å². The molecule has 20 heavy (non-hydrogen) atoms. The Labute approximate surface area is 115 Å². The zero-order chi connectivity index (χ0) is 14.2. The highest BCUT2D eigenvalue weighted by Gasteiger charge is 2.09. The lowest BCUT2D eigenvalue weighted by Crippen LogP contribution is -1.98. The topological polar surface area (TPSA) is 71.2 Å². The van der Waals surface area contributed by atoms with Gasteiger partial charge in [0.2, 0.25) is 0 Å². The summed E-state index contributed by atoms with van der Waals surface area (Å²) in [6.45, 7) is 0. The average molecular weight is 268 g/mol. The lowest BCUT2D eigenvalue weighted by atomic mass is 10.2. The number of carboxylic acids is 1. The molecule has 2 aromatic carbocycles. The molecular weight excluding hydrogens is 256 g/mol. The van der Waals surface area contributed by atoms with Gasteiger partial charge in [-0.05, 0) is 23.8 Å². The highest BCUT2D eigenvalue weighted by molar-refractivity contribution is 5.90. The van der Waals surface area contributed by atoms with Crippen molar-refractivity contribution in [2.75, 3.05) is 0 Å². The molecule has 2 rings (SSSR count). The molecule has 100 valence electrons. The lowest BCUT2D eigenvalue weighted by Gasteiger charge is -2.00. The van der Waals surface area contributed by atoms with Gasteiger partial charge in [-0.25, -0.2) is 4.79 Å². The monoisotopic (exact) mass is 268 g/mol. The fourth-order valence-electron chi connectivity index (χ4n) is 1.50. The fourth-order valence-corrected chi connectivity index (χ4v) is 1.50. The van der Waals surface area contributed by atoms with Gasteiger partial charge >= 0.3 is 5.97 Å². The van der Waals surface area contributed by atoms with Crippen LogP contribution in [0.3, 0.4) is 0 Å². The second-order valence-electron chi connectivity index (χ2n) is 3.82. The van der Waals surface area contributed by atoms with Gasteiger partial charge < -0.3 is 9.94 Å². The van der Waals surface area contributed by atoms with Gasteiger partial charge in [0.1, 0.15) is 5.56 Å². The van der Waals surface area contributed by atoms with E-state index in [1.165, 1.54) is 18.3 Å². The summed E-state index contributed by atoms with van der Waals surface area (Å²) >= 11 is 0. The van der Waals surface area contributed by atoms with E-state index < -0.39 is 5.97 Å². The standard InChI is InChI=1S/C15H12N2O3/c18-15(19)13-8-4-5-9-14(13)20-17-16-11-10-12-6-2-1-3-7-12/h1-11H,(H,18,19). The van der Waals surface area contributed by atoms with Gasteiger partial charge in [-0.15, -0.1) is 5.11 Å². The fraction of sp³-hybridized carbons (Fsp3) is 0. The van der Waals surface area contributed by atoms with E-state index in [4.69, 9.17) is 9.94 Å². The summed E-state index contributed by atoms with van der Waals surface area (Å²) < 4.78 is 0. The molecule has 0 radical (unpaired) electrons. The maximum Gasteiger partial charge on any atom is 0.339 e. The van der Waals surface area contributed by atoms with Crippen LogP contribution < -0.4 is 4.84 Å². The number of benzene rings is 2. The number of nitrogens with zero attached hydrogens (tertiary/aromatic N) is 2. The first-order valence-electron chi connectivity index (χ1n) is 5.88. The predicted octanol–water partition coefficient (Wildman–Crippen LogP) is 3.80. The first-order chi connectivity index (χ1) is 9.77. The number of rotatable bonds is 5. The summed E-state index contributed by atoms with van der Waals surface area (Å²) in [6, 6.07) is 15.8. The Hall–Kier alpha value is -2.95. The number of aromatic carboxylic acids is 1. The molecule has 5 nitrogen and oxygen atoms in total. The van der Waals surface area contributed by atoms with Crippen LogP contribution in [0.15, 0.2) is 71.2 Å². The summed E-state index contributed by atoms with van der Waals surface area (Å²) in [4.78, 5) is 15.9. The normalized spacial score (nSPS) is 11.0. The van der Waals surface area contributed by atoms with Crippen molar-refractivity contribution in [2.45, 2.75) is 0 Å². The van der Waals surface area contributed by atoms with Crippen LogP contribution in [-0.2, 0) is 0 Å². The molecule has 0 spiro atoms. The van der Waals surface area contributed by atoms with Crippen molar-refractivity contribution in [2.24, 2.45) is 10.4 Å². The van der Waals surface area contributed by atoms with Gasteiger partial charge in [0.05, 0.1) is 6.20 Å². The number of carboxylic acid groups (broad SMARTS) is 1. The maximum atomic E-state index is 10.9. The van der Waals surface area contributed by atoms with E-state index in [1.807, 2.05) is 30.3 Å². The van der Waals surface area contributed by atoms with Crippen LogP contribution in [0, 0.1) is 0 Å². The third-order valence-electron chi connectivity index (χ3n) is 2.44. The van der Waals surface area contributed by atoms with Crippen molar-refractivity contribution < 1.29 is 14.7 Å². The average Bonchev–Trinajstić information content (AvgIpc) is 2.48. The Morgan fingerprint density at radius 3 is 2.50 bits per heavy atom. The minimum absolute atomic E-state index is 0.0403. The Morgan fingerprint density at radius 1 is 1.05 bits per heavy atom. The van der Waals surface area contributed by atoms with E-state index in [9.17, 15) is 4.79 Å². The molecule has 0 fully saturated rings. The summed E-state index contributed by atoms with van der Waals surface area (Å²) in [5.41, 5.74) is 1.02. The van der Waals surface area contributed by atoms with E-state index in [2.05, 4.69) is 10.4 Å². The van der Waals surface area contributed by atoms with Gasteiger partial charge in [0.25, 0.3) is 0 Å². The van der Waals surface area contributed by atoms with Gasteiger partial charge in [-0.1, -0.05) is 42.5 Å². The van der Waals surface area contributed by atoms with Crippen LogP contribution in [-0.4, -0.2) is 11.1 Å². The molecule has 0 aliphatic rings. The van der Waals surface area contributed by atoms with Crippen LogP contribution in [0.4, 0.5) is 0 Å². The van der Waals surface area contributed by atoms with Gasteiger partial charge in [0, 0.05) is 5.28 Å². The molecule has 0 heterocycles. The third-order valence-corrected chi connectivity index (χ3v) is 2.44. The molecule has 0 saturated heterocycles. The molecule has 0 aliphatic heterocycles. The van der Waals surface area contributed by atoms with Crippen molar-refractivity contribution in [1.29, 1.82) is 0 Å². The number of hydrogen-bond donors (Lipinski definition) is 1. The van der Waals surface area contributed by atoms with Crippen LogP contribution in [0.2, 0.25) is 0 Å². The minimum Gasteiger partial charge on any atom is -0.478 e. The maximum absolute atomic E-state index is 10.9. The Balaban J connectivity index is 1.97. The molecule has 0 amide bonds. The van der Waals surface area contributed by atoms with E-state index >= 15 is 0 Å². The third kappa shape index (κ3) is 3.78. The van der Waals surface area contributed by atoms with Crippen molar-refractivity contribution in [3.05, 3.63) is 71.9 Å². The second-order valence-corrected chi connectivity index (χ2v) is 3.82. The highest BCUT2D eigenvalue weighted by Crippen LogP contribution is 2.18. The van der Waals surface area contributed by atoms with Crippen molar-refractivity contribution in [3.63, 3.8) is 0 Å². The van der Waals surface area contributed by atoms with Crippen LogP contribution in [0.1, 0.15) is 15.9 Å². The first kappa shape index (κ1) is 13.5. The molecule has 0 aliphatic carbocycles. The summed E-state index contributed by atoms with van der Waals surface area (Å²) in [7, 11) is 0. The van der Waals surface area contributed by atoms with E-state index in [1.54, 1.807) is 18.2 Å². The summed E-state index contributed by atoms with van der Waals surface area (Å²) in [5.74, 6) is -0.924. The molecule has 2 aromatic rings. The highest BCUT2D eigenvalue weighted by atomic mass is 16.6. The molecule has 0 bridgehead atoms. The minimum atomic E-state index is -1.07. The Morgan fingerprint density at radius 2 is 1.75 bits per heavy atom. The number of para-hydroxylation sites is 1. The molecular formula is C15H12N2O3. The SMILES string of the molecule is O=C(O)c1ccccc1ON=NC=Cc1ccccc1. The van der Waals surface area contributed by atoms with E-state index in [0.717, 1.165) is 5.56 Å². The van der Waals surface area contributed by atoms with Crippen LogP contribution in [0.5, 0.6) is 5.75 Å². The molecule has 0 aromatic heterocycles. The quantitative estimate of drug-likeness (QED) is 0.662. The molecule has 0 saturated carbocycles. The number of carbonyl (C=O) groups is 1. The first-order valence-corrected chi connectivity index (χ1v) is 5.88. The Kier molecular flexibility index (Phi) is 4.61. The molecule has 0 atom stereocenters. The predicted molar refractivity (Wildman–Crippen MR) is 74.4 cm³/mol. The van der Waals surface area contributed by atoms with Crippen molar-refractivity contribution in [1.82, 2.24) is 0 Å². The molecule has 0 unspecified atom stereocenters. The van der Waals surface area contributed by atoms with E-state index in [0.29, 0.717) is 0 Å². The van der Waals surface area contributed by atoms with Gasteiger partial charge in [0.15, 0.2) is 5.75 Å². The second kappa shape index (κ2) is 6.84.